The van der Waals surface area contributed by atoms with Crippen LogP contribution in [0, 0.1) is 11.6 Å². The zero-order chi connectivity index (χ0) is 23.2. The molecule has 0 amide bonds. The van der Waals surface area contributed by atoms with Crippen molar-refractivity contribution in [2.45, 2.75) is 18.7 Å². The Balaban J connectivity index is 2.22. The first-order chi connectivity index (χ1) is 14.6. The number of hydrogen-bond acceptors (Lipinski definition) is 7. The first-order valence-electron chi connectivity index (χ1n) is 8.99. The lowest BCUT2D eigenvalue weighted by atomic mass is 10.1. The van der Waals surface area contributed by atoms with E-state index in [0.29, 0.717) is 0 Å². The number of halogens is 2. The highest BCUT2D eigenvalue weighted by Gasteiger charge is 2.21. The van der Waals surface area contributed by atoms with E-state index < -0.39 is 44.9 Å². The summed E-state index contributed by atoms with van der Waals surface area (Å²) in [6.07, 6.45) is 1.25. The van der Waals surface area contributed by atoms with E-state index in [4.69, 9.17) is 4.74 Å². The Kier molecular flexibility index (Phi) is 7.87. The van der Waals surface area contributed by atoms with Gasteiger partial charge in [-0.05, 0) is 61.9 Å². The van der Waals surface area contributed by atoms with Gasteiger partial charge in [0.1, 0.15) is 5.75 Å². The van der Waals surface area contributed by atoms with Gasteiger partial charge in [-0.1, -0.05) is 0 Å². The van der Waals surface area contributed by atoms with Gasteiger partial charge in [-0.3, -0.25) is 4.79 Å². The molecule has 0 radical (unpaired) electrons. The van der Waals surface area contributed by atoms with Crippen LogP contribution in [0.2, 0.25) is 0 Å². The number of esters is 2. The van der Waals surface area contributed by atoms with Crippen molar-refractivity contribution in [2.75, 3.05) is 19.5 Å². The van der Waals surface area contributed by atoms with Crippen molar-refractivity contribution < 1.29 is 41.0 Å². The third-order valence-electron chi connectivity index (χ3n) is 3.93. The van der Waals surface area contributed by atoms with Gasteiger partial charge in [0.25, 0.3) is 0 Å². The third kappa shape index (κ3) is 6.35. The monoisotopic (exact) mass is 454 g/mol. The third-order valence-corrected chi connectivity index (χ3v) is 5.53. The standard InChI is InChI=1S/C21H20F2O7S/c1-4-29-19(24)12-31(26,27)16-7-5-15(6-8-16)30-20-17(22)10-14(11-18(20)23)9-13(2)21(25)28-3/h5-11H,4,12H2,1-3H3/b13-9+. The molecule has 0 spiro atoms. The topological polar surface area (TPSA) is 96.0 Å². The Hall–Kier alpha value is -3.27. The van der Waals surface area contributed by atoms with Gasteiger partial charge >= 0.3 is 11.9 Å². The van der Waals surface area contributed by atoms with Crippen LogP contribution in [0.5, 0.6) is 11.5 Å². The van der Waals surface area contributed by atoms with Crippen molar-refractivity contribution in [1.29, 1.82) is 0 Å². The molecule has 0 fully saturated rings. The molecule has 0 N–H and O–H groups in total. The highest BCUT2D eigenvalue weighted by Crippen LogP contribution is 2.30. The minimum absolute atomic E-state index is 0.0260. The maximum Gasteiger partial charge on any atom is 0.333 e. The SMILES string of the molecule is CCOC(=O)CS(=O)(=O)c1ccc(Oc2c(F)cc(/C=C(\C)C(=O)OC)cc2F)cc1. The Morgan fingerprint density at radius 2 is 1.65 bits per heavy atom. The Morgan fingerprint density at radius 1 is 1.06 bits per heavy atom. The lowest BCUT2D eigenvalue weighted by Crippen LogP contribution is -2.18. The van der Waals surface area contributed by atoms with Crippen LogP contribution in [-0.4, -0.2) is 39.8 Å². The van der Waals surface area contributed by atoms with Crippen molar-refractivity contribution >= 4 is 27.9 Å². The molecular formula is C21H20F2O7S. The van der Waals surface area contributed by atoms with Gasteiger partial charge in [-0.2, -0.15) is 0 Å². The molecule has 2 aromatic rings. The molecule has 0 aliphatic rings. The number of carbonyl (C=O) groups is 2. The molecule has 0 unspecified atom stereocenters. The second-order valence-corrected chi connectivity index (χ2v) is 8.26. The first-order valence-corrected chi connectivity index (χ1v) is 10.6. The van der Waals surface area contributed by atoms with Gasteiger partial charge in [0, 0.05) is 5.57 Å². The van der Waals surface area contributed by atoms with Crippen LogP contribution in [0.15, 0.2) is 46.9 Å². The van der Waals surface area contributed by atoms with E-state index in [1.807, 2.05) is 0 Å². The van der Waals surface area contributed by atoms with E-state index in [9.17, 15) is 26.8 Å². The highest BCUT2D eigenvalue weighted by atomic mass is 32.2. The molecule has 0 saturated carbocycles. The summed E-state index contributed by atoms with van der Waals surface area (Å²) in [5.74, 6) is -5.13. The molecule has 0 atom stereocenters. The molecule has 0 aliphatic heterocycles. The smallest absolute Gasteiger partial charge is 0.333 e. The molecule has 166 valence electrons. The lowest BCUT2D eigenvalue weighted by molar-refractivity contribution is -0.140. The van der Waals surface area contributed by atoms with Crippen LogP contribution >= 0.6 is 0 Å². The van der Waals surface area contributed by atoms with Gasteiger partial charge < -0.3 is 14.2 Å². The Bertz CT molecular complexity index is 1080. The zero-order valence-corrected chi connectivity index (χ0v) is 17.8. The molecule has 0 aliphatic carbocycles. The molecule has 0 saturated heterocycles. The molecule has 10 heteroatoms. The molecule has 0 heterocycles. The zero-order valence-electron chi connectivity index (χ0n) is 17.0. The summed E-state index contributed by atoms with van der Waals surface area (Å²) in [7, 11) is -2.75. The van der Waals surface area contributed by atoms with Crippen LogP contribution in [0.4, 0.5) is 8.78 Å². The average Bonchev–Trinajstić information content (AvgIpc) is 2.70. The summed E-state index contributed by atoms with van der Waals surface area (Å²) >= 11 is 0. The van der Waals surface area contributed by atoms with Crippen LogP contribution < -0.4 is 4.74 Å². The second-order valence-electron chi connectivity index (χ2n) is 6.27. The molecule has 0 bridgehead atoms. The number of ether oxygens (including phenoxy) is 3. The number of sulfone groups is 1. The maximum absolute atomic E-state index is 14.4. The number of hydrogen-bond donors (Lipinski definition) is 0. The van der Waals surface area contributed by atoms with E-state index in [-0.39, 0.29) is 28.4 Å². The van der Waals surface area contributed by atoms with E-state index in [0.717, 1.165) is 24.3 Å². The molecule has 2 rings (SSSR count). The van der Waals surface area contributed by atoms with Crippen molar-refractivity contribution in [1.82, 2.24) is 0 Å². The van der Waals surface area contributed by atoms with Gasteiger partial charge in [-0.15, -0.1) is 0 Å². The second kappa shape index (κ2) is 10.2. The van der Waals surface area contributed by atoms with E-state index in [1.54, 1.807) is 6.92 Å². The first kappa shape index (κ1) is 24.0. The van der Waals surface area contributed by atoms with E-state index in [1.165, 1.54) is 32.2 Å². The minimum atomic E-state index is -3.94. The predicted octanol–water partition coefficient (Wildman–Crippen LogP) is 3.67. The predicted molar refractivity (Wildman–Crippen MR) is 107 cm³/mol. The number of benzene rings is 2. The molecular weight excluding hydrogens is 434 g/mol. The Labute approximate surface area is 178 Å². The fourth-order valence-electron chi connectivity index (χ4n) is 2.50. The fraction of sp³-hybridized carbons (Fsp3) is 0.238. The van der Waals surface area contributed by atoms with Crippen LogP contribution in [0.25, 0.3) is 6.08 Å². The summed E-state index contributed by atoms with van der Waals surface area (Å²) < 4.78 is 67.5. The van der Waals surface area contributed by atoms with Gasteiger partial charge in [0.15, 0.2) is 33.0 Å². The number of carbonyl (C=O) groups excluding carboxylic acids is 2. The average molecular weight is 454 g/mol. The molecule has 7 nitrogen and oxygen atoms in total. The number of rotatable bonds is 8. The van der Waals surface area contributed by atoms with Gasteiger partial charge in [-0.25, -0.2) is 22.0 Å². The fourth-order valence-corrected chi connectivity index (χ4v) is 3.62. The van der Waals surface area contributed by atoms with E-state index in [2.05, 4.69) is 9.47 Å². The van der Waals surface area contributed by atoms with Gasteiger partial charge in [0.05, 0.1) is 18.6 Å². The summed E-state index contributed by atoms with van der Waals surface area (Å²) in [5, 5.41) is 0. The minimum Gasteiger partial charge on any atom is -0.466 e. The van der Waals surface area contributed by atoms with Crippen LogP contribution in [0.1, 0.15) is 19.4 Å². The van der Waals surface area contributed by atoms with Crippen molar-refractivity contribution in [3.63, 3.8) is 0 Å². The van der Waals surface area contributed by atoms with E-state index >= 15 is 0 Å². The molecule has 2 aromatic carbocycles. The largest absolute Gasteiger partial charge is 0.466 e. The summed E-state index contributed by atoms with van der Waals surface area (Å²) in [6.45, 7) is 3.04. The quantitative estimate of drug-likeness (QED) is 0.444. The maximum atomic E-state index is 14.4. The normalized spacial score (nSPS) is 11.7. The lowest BCUT2D eigenvalue weighted by Gasteiger charge is -2.10. The van der Waals surface area contributed by atoms with Crippen molar-refractivity contribution in [3.8, 4) is 11.5 Å². The van der Waals surface area contributed by atoms with Gasteiger partial charge in [0.2, 0.25) is 0 Å². The molecule has 31 heavy (non-hydrogen) atoms. The Morgan fingerprint density at radius 3 is 2.16 bits per heavy atom. The van der Waals surface area contributed by atoms with Crippen molar-refractivity contribution in [2.24, 2.45) is 0 Å². The molecule has 0 aromatic heterocycles. The summed E-state index contributed by atoms with van der Waals surface area (Å²) in [5.41, 5.74) is 0.236. The number of methoxy groups -OCH3 is 1. The summed E-state index contributed by atoms with van der Waals surface area (Å²) in [4.78, 5) is 22.7. The summed E-state index contributed by atoms with van der Waals surface area (Å²) in [6, 6.07) is 6.65. The van der Waals surface area contributed by atoms with Crippen LogP contribution in [0.3, 0.4) is 0 Å². The highest BCUT2D eigenvalue weighted by molar-refractivity contribution is 7.92. The van der Waals surface area contributed by atoms with Crippen molar-refractivity contribution in [3.05, 3.63) is 59.2 Å². The van der Waals surface area contributed by atoms with Crippen LogP contribution in [-0.2, 0) is 28.9 Å².